The second-order valence-corrected chi connectivity index (χ2v) is 4.72. The predicted molar refractivity (Wildman–Crippen MR) is 87.5 cm³/mol. The number of aromatic nitrogens is 1. The van der Waals surface area contributed by atoms with Crippen LogP contribution in [0.4, 0.5) is 0 Å². The van der Waals surface area contributed by atoms with E-state index in [0.717, 1.165) is 11.1 Å². The summed E-state index contributed by atoms with van der Waals surface area (Å²) in [5.41, 5.74) is 1.77. The van der Waals surface area contributed by atoms with Crippen molar-refractivity contribution in [2.45, 2.75) is 0 Å². The van der Waals surface area contributed by atoms with Crippen LogP contribution in [0.5, 0.6) is 11.5 Å². The van der Waals surface area contributed by atoms with Gasteiger partial charge in [-0.2, -0.15) is 0 Å². The van der Waals surface area contributed by atoms with Crippen molar-refractivity contribution in [2.75, 3.05) is 14.2 Å². The summed E-state index contributed by atoms with van der Waals surface area (Å²) in [6.45, 7) is 0. The van der Waals surface area contributed by atoms with E-state index < -0.39 is 0 Å². The summed E-state index contributed by atoms with van der Waals surface area (Å²) < 4.78 is 16.1. The third-order valence-corrected chi connectivity index (χ3v) is 3.26. The van der Waals surface area contributed by atoms with Gasteiger partial charge in [0.2, 0.25) is 0 Å². The molecule has 0 aliphatic heterocycles. The molecule has 2 aromatic carbocycles. The van der Waals surface area contributed by atoms with Crippen molar-refractivity contribution in [1.82, 2.24) is 4.98 Å². The van der Waals surface area contributed by atoms with Crippen molar-refractivity contribution in [3.05, 3.63) is 66.2 Å². The summed E-state index contributed by atoms with van der Waals surface area (Å²) in [7, 11) is 3.19. The van der Waals surface area contributed by atoms with Crippen LogP contribution < -0.4 is 9.47 Å². The van der Waals surface area contributed by atoms with E-state index >= 15 is 0 Å². The van der Waals surface area contributed by atoms with Gasteiger partial charge in [-0.25, -0.2) is 4.98 Å². The first-order chi connectivity index (χ1) is 11.3. The van der Waals surface area contributed by atoms with E-state index in [-0.39, 0.29) is 0 Å². The molecule has 4 heteroatoms. The van der Waals surface area contributed by atoms with E-state index in [9.17, 15) is 0 Å². The van der Waals surface area contributed by atoms with Gasteiger partial charge in [0.15, 0.2) is 17.3 Å². The van der Waals surface area contributed by atoms with Crippen molar-refractivity contribution in [1.29, 1.82) is 0 Å². The Kier molecular flexibility index (Phi) is 4.30. The van der Waals surface area contributed by atoms with Gasteiger partial charge >= 0.3 is 0 Å². The second kappa shape index (κ2) is 6.71. The molecule has 0 bridgehead atoms. The van der Waals surface area contributed by atoms with Crippen molar-refractivity contribution >= 4 is 0 Å². The summed E-state index contributed by atoms with van der Waals surface area (Å²) in [5.74, 6) is 8.30. The van der Waals surface area contributed by atoms with Gasteiger partial charge < -0.3 is 13.9 Å². The zero-order chi connectivity index (χ0) is 16.1. The number of hydrogen-bond acceptors (Lipinski definition) is 4. The van der Waals surface area contributed by atoms with E-state index in [1.165, 1.54) is 0 Å². The van der Waals surface area contributed by atoms with Gasteiger partial charge in [-0.1, -0.05) is 36.3 Å². The zero-order valence-corrected chi connectivity index (χ0v) is 12.9. The molecule has 0 fully saturated rings. The average Bonchev–Trinajstić information content (AvgIpc) is 3.09. The monoisotopic (exact) mass is 305 g/mol. The summed E-state index contributed by atoms with van der Waals surface area (Å²) in [5, 5.41) is 0. The molecule has 0 atom stereocenters. The largest absolute Gasteiger partial charge is 0.493 e. The minimum atomic E-state index is 0.374. The molecular formula is C19H15NO3. The number of ether oxygens (including phenoxy) is 2. The smallest absolute Gasteiger partial charge is 0.274 e. The van der Waals surface area contributed by atoms with Crippen molar-refractivity contribution < 1.29 is 13.9 Å². The fourth-order valence-electron chi connectivity index (χ4n) is 2.11. The van der Waals surface area contributed by atoms with Gasteiger partial charge in [-0.3, -0.25) is 0 Å². The van der Waals surface area contributed by atoms with Crippen molar-refractivity contribution in [3.8, 4) is 34.7 Å². The first-order valence-corrected chi connectivity index (χ1v) is 7.05. The molecule has 4 nitrogen and oxygen atoms in total. The van der Waals surface area contributed by atoms with Crippen LogP contribution in [0, 0.1) is 11.8 Å². The van der Waals surface area contributed by atoms with Crippen LogP contribution in [0.2, 0.25) is 0 Å². The lowest BCUT2D eigenvalue weighted by atomic mass is 10.2. The third-order valence-electron chi connectivity index (χ3n) is 3.26. The fraction of sp³-hybridized carbons (Fsp3) is 0.105. The Labute approximate surface area is 134 Å². The number of hydrogen-bond donors (Lipinski definition) is 0. The highest BCUT2D eigenvalue weighted by atomic mass is 16.5. The maximum atomic E-state index is 5.65. The van der Waals surface area contributed by atoms with Crippen LogP contribution in [0.25, 0.3) is 11.3 Å². The molecular weight excluding hydrogens is 290 g/mol. The highest BCUT2D eigenvalue weighted by Crippen LogP contribution is 2.27. The summed E-state index contributed by atoms with van der Waals surface area (Å²) >= 11 is 0. The molecule has 0 spiro atoms. The van der Waals surface area contributed by atoms with E-state index in [1.807, 2.05) is 48.5 Å². The lowest BCUT2D eigenvalue weighted by Gasteiger charge is -2.06. The lowest BCUT2D eigenvalue weighted by molar-refractivity contribution is 0.355. The van der Waals surface area contributed by atoms with Gasteiger partial charge in [0.05, 0.1) is 20.4 Å². The first kappa shape index (κ1) is 14.7. The molecule has 0 aliphatic rings. The molecule has 0 saturated heterocycles. The average molecular weight is 305 g/mol. The standard InChI is InChI=1S/C19H15NO3/c1-21-16-10-8-14(12-17(16)22-2)9-11-19-20-13-18(23-19)15-6-4-3-5-7-15/h3-8,10,12-13H,1-2H3. The molecule has 0 N–H and O–H groups in total. The summed E-state index contributed by atoms with van der Waals surface area (Å²) in [6, 6.07) is 15.3. The zero-order valence-electron chi connectivity index (χ0n) is 12.9. The molecule has 3 aromatic rings. The highest BCUT2D eigenvalue weighted by Gasteiger charge is 2.05. The van der Waals surface area contributed by atoms with Gasteiger partial charge in [0.1, 0.15) is 0 Å². The Bertz CT molecular complexity index is 857. The van der Waals surface area contributed by atoms with Crippen LogP contribution in [-0.2, 0) is 0 Å². The lowest BCUT2D eigenvalue weighted by Crippen LogP contribution is -1.90. The quantitative estimate of drug-likeness (QED) is 0.691. The second-order valence-electron chi connectivity index (χ2n) is 4.72. The molecule has 114 valence electrons. The SMILES string of the molecule is COc1ccc(C#Cc2ncc(-c3ccccc3)o2)cc1OC. The topological polar surface area (TPSA) is 44.5 Å². The van der Waals surface area contributed by atoms with Crippen molar-refractivity contribution in [3.63, 3.8) is 0 Å². The van der Waals surface area contributed by atoms with Gasteiger partial charge in [0.25, 0.3) is 5.89 Å². The molecule has 3 rings (SSSR count). The number of methoxy groups -OCH3 is 2. The molecule has 0 amide bonds. The van der Waals surface area contributed by atoms with E-state index in [4.69, 9.17) is 13.9 Å². The van der Waals surface area contributed by atoms with Gasteiger partial charge in [-0.15, -0.1) is 0 Å². The number of nitrogens with zero attached hydrogens (tertiary/aromatic N) is 1. The maximum absolute atomic E-state index is 5.65. The fourth-order valence-corrected chi connectivity index (χ4v) is 2.11. The maximum Gasteiger partial charge on any atom is 0.274 e. The van der Waals surface area contributed by atoms with Crippen LogP contribution >= 0.6 is 0 Å². The van der Waals surface area contributed by atoms with E-state index in [1.54, 1.807) is 20.4 Å². The highest BCUT2D eigenvalue weighted by molar-refractivity contribution is 5.56. The number of oxazole rings is 1. The van der Waals surface area contributed by atoms with Gasteiger partial charge in [-0.05, 0) is 24.1 Å². The minimum absolute atomic E-state index is 0.374. The molecule has 23 heavy (non-hydrogen) atoms. The molecule has 0 radical (unpaired) electrons. The summed E-state index contributed by atoms with van der Waals surface area (Å²) in [6.07, 6.45) is 1.67. The normalized spacial score (nSPS) is 9.83. The van der Waals surface area contributed by atoms with Crippen LogP contribution in [0.1, 0.15) is 11.5 Å². The Morgan fingerprint density at radius 1 is 0.913 bits per heavy atom. The Balaban J connectivity index is 1.84. The Hall–Kier alpha value is -3.19. The molecule has 0 saturated carbocycles. The minimum Gasteiger partial charge on any atom is -0.493 e. The number of rotatable bonds is 3. The first-order valence-electron chi connectivity index (χ1n) is 7.05. The predicted octanol–water partition coefficient (Wildman–Crippen LogP) is 3.76. The summed E-state index contributed by atoms with van der Waals surface area (Å²) in [4.78, 5) is 4.19. The number of benzene rings is 2. The Morgan fingerprint density at radius 2 is 1.70 bits per heavy atom. The van der Waals surface area contributed by atoms with Crippen molar-refractivity contribution in [2.24, 2.45) is 0 Å². The van der Waals surface area contributed by atoms with Crippen LogP contribution in [-0.4, -0.2) is 19.2 Å². The molecule has 0 unspecified atom stereocenters. The van der Waals surface area contributed by atoms with E-state index in [0.29, 0.717) is 23.1 Å². The van der Waals surface area contributed by atoms with Crippen LogP contribution in [0.15, 0.2) is 59.1 Å². The molecule has 1 heterocycles. The van der Waals surface area contributed by atoms with Crippen LogP contribution in [0.3, 0.4) is 0 Å². The Morgan fingerprint density at radius 3 is 2.43 bits per heavy atom. The van der Waals surface area contributed by atoms with E-state index in [2.05, 4.69) is 16.8 Å². The molecule has 1 aromatic heterocycles. The van der Waals surface area contributed by atoms with Gasteiger partial charge in [0, 0.05) is 11.1 Å². The third kappa shape index (κ3) is 3.35. The molecule has 0 aliphatic carbocycles.